The predicted molar refractivity (Wildman–Crippen MR) is 69.5 cm³/mol. The highest BCUT2D eigenvalue weighted by Gasteiger charge is 2.12. The van der Waals surface area contributed by atoms with Gasteiger partial charge in [0, 0.05) is 6.04 Å². The summed E-state index contributed by atoms with van der Waals surface area (Å²) in [6.07, 6.45) is 0. The zero-order chi connectivity index (χ0) is 12.8. The van der Waals surface area contributed by atoms with E-state index < -0.39 is 0 Å². The van der Waals surface area contributed by atoms with Crippen molar-refractivity contribution in [3.05, 3.63) is 33.8 Å². The van der Waals surface area contributed by atoms with Gasteiger partial charge in [-0.25, -0.2) is 0 Å². The van der Waals surface area contributed by atoms with Crippen LogP contribution in [-0.4, -0.2) is 19.1 Å². The number of nitrogens with one attached hydrogen (secondary N) is 1. The van der Waals surface area contributed by atoms with E-state index in [2.05, 4.69) is 5.32 Å². The van der Waals surface area contributed by atoms with Gasteiger partial charge in [0.2, 0.25) is 0 Å². The number of rotatable bonds is 5. The molecule has 0 aromatic heterocycles. The molecule has 94 valence electrons. The van der Waals surface area contributed by atoms with E-state index in [1.54, 1.807) is 13.0 Å². The number of hydrogen-bond acceptors (Lipinski definition) is 3. The molecule has 17 heavy (non-hydrogen) atoms. The van der Waals surface area contributed by atoms with Gasteiger partial charge in [-0.15, -0.1) is 0 Å². The average Bonchev–Trinajstić information content (AvgIpc) is 2.30. The van der Waals surface area contributed by atoms with Gasteiger partial charge in [0.25, 0.3) is 0 Å². The van der Waals surface area contributed by atoms with E-state index in [4.69, 9.17) is 27.9 Å². The first-order valence-electron chi connectivity index (χ1n) is 5.39. The Morgan fingerprint density at radius 2 is 2.18 bits per heavy atom. The number of ether oxygens (including phenoxy) is 1. The number of carbonyl (C=O) groups is 1. The fraction of sp³-hybridized carbons (Fsp3) is 0.417. The van der Waals surface area contributed by atoms with Crippen LogP contribution in [0.15, 0.2) is 18.2 Å². The summed E-state index contributed by atoms with van der Waals surface area (Å²) < 4.78 is 4.82. The van der Waals surface area contributed by atoms with Crippen LogP contribution in [-0.2, 0) is 9.53 Å². The summed E-state index contributed by atoms with van der Waals surface area (Å²) in [5.41, 5.74) is 0.864. The van der Waals surface area contributed by atoms with E-state index in [0.717, 1.165) is 5.56 Å². The Labute approximate surface area is 111 Å². The SMILES string of the molecule is CCOC(=O)CNC(C)c1cccc(Cl)c1Cl. The Morgan fingerprint density at radius 3 is 2.82 bits per heavy atom. The Kier molecular flexibility index (Phi) is 5.75. The number of hydrogen-bond donors (Lipinski definition) is 1. The van der Waals surface area contributed by atoms with Gasteiger partial charge in [-0.05, 0) is 25.5 Å². The second kappa shape index (κ2) is 6.84. The molecule has 0 spiro atoms. The minimum Gasteiger partial charge on any atom is -0.465 e. The fourth-order valence-electron chi connectivity index (χ4n) is 1.41. The Balaban J connectivity index is 2.61. The predicted octanol–water partition coefficient (Wildman–Crippen LogP) is 3.21. The van der Waals surface area contributed by atoms with Crippen LogP contribution >= 0.6 is 23.2 Å². The van der Waals surface area contributed by atoms with Crippen LogP contribution in [0.2, 0.25) is 10.0 Å². The zero-order valence-electron chi connectivity index (χ0n) is 9.80. The van der Waals surface area contributed by atoms with Gasteiger partial charge < -0.3 is 10.1 Å². The van der Waals surface area contributed by atoms with E-state index in [1.165, 1.54) is 0 Å². The Morgan fingerprint density at radius 1 is 1.47 bits per heavy atom. The van der Waals surface area contributed by atoms with Crippen LogP contribution < -0.4 is 5.32 Å². The smallest absolute Gasteiger partial charge is 0.319 e. The van der Waals surface area contributed by atoms with Crippen molar-refractivity contribution in [3.8, 4) is 0 Å². The zero-order valence-corrected chi connectivity index (χ0v) is 11.3. The minimum atomic E-state index is -0.280. The standard InChI is InChI=1S/C12H15Cl2NO2/c1-3-17-11(16)7-15-8(2)9-5-4-6-10(13)12(9)14/h4-6,8,15H,3,7H2,1-2H3. The second-order valence-corrected chi connectivity index (χ2v) is 4.34. The first kappa shape index (κ1) is 14.3. The van der Waals surface area contributed by atoms with Crippen molar-refractivity contribution in [1.29, 1.82) is 0 Å². The maximum atomic E-state index is 11.2. The molecule has 0 saturated carbocycles. The topological polar surface area (TPSA) is 38.3 Å². The van der Waals surface area contributed by atoms with Crippen molar-refractivity contribution in [3.63, 3.8) is 0 Å². The summed E-state index contributed by atoms with van der Waals surface area (Å²) in [6, 6.07) is 5.36. The van der Waals surface area contributed by atoms with E-state index >= 15 is 0 Å². The Bertz CT molecular complexity index is 396. The summed E-state index contributed by atoms with van der Waals surface area (Å²) in [7, 11) is 0. The number of benzene rings is 1. The van der Waals surface area contributed by atoms with Gasteiger partial charge in [-0.1, -0.05) is 35.3 Å². The number of esters is 1. The molecule has 1 atom stereocenters. The average molecular weight is 276 g/mol. The molecule has 1 unspecified atom stereocenters. The van der Waals surface area contributed by atoms with Crippen LogP contribution in [0, 0.1) is 0 Å². The first-order chi connectivity index (χ1) is 8.06. The van der Waals surface area contributed by atoms with Crippen LogP contribution in [0.1, 0.15) is 25.5 Å². The lowest BCUT2D eigenvalue weighted by molar-refractivity contribution is -0.142. The minimum absolute atomic E-state index is 0.0643. The van der Waals surface area contributed by atoms with Crippen molar-refractivity contribution in [1.82, 2.24) is 5.32 Å². The maximum Gasteiger partial charge on any atom is 0.319 e. The highest BCUT2D eigenvalue weighted by atomic mass is 35.5. The lowest BCUT2D eigenvalue weighted by Gasteiger charge is -2.15. The van der Waals surface area contributed by atoms with Crippen molar-refractivity contribution in [2.24, 2.45) is 0 Å². The van der Waals surface area contributed by atoms with Crippen molar-refractivity contribution >= 4 is 29.2 Å². The molecule has 1 N–H and O–H groups in total. The molecular weight excluding hydrogens is 261 g/mol. The second-order valence-electron chi connectivity index (χ2n) is 3.55. The fourth-order valence-corrected chi connectivity index (χ4v) is 1.88. The molecule has 0 saturated heterocycles. The lowest BCUT2D eigenvalue weighted by Crippen LogP contribution is -2.27. The van der Waals surface area contributed by atoms with Crippen LogP contribution in [0.4, 0.5) is 0 Å². The highest BCUT2D eigenvalue weighted by molar-refractivity contribution is 6.42. The summed E-state index contributed by atoms with van der Waals surface area (Å²) in [6.45, 7) is 4.22. The third kappa shape index (κ3) is 4.19. The molecule has 1 rings (SSSR count). The van der Waals surface area contributed by atoms with Gasteiger partial charge in [-0.3, -0.25) is 4.79 Å². The van der Waals surface area contributed by atoms with Gasteiger partial charge in [0.05, 0.1) is 23.2 Å². The normalized spacial score (nSPS) is 12.2. The molecule has 0 aliphatic rings. The molecule has 0 bridgehead atoms. The monoisotopic (exact) mass is 275 g/mol. The summed E-state index contributed by atoms with van der Waals surface area (Å²) in [5, 5.41) is 4.05. The molecule has 0 amide bonds. The molecule has 0 aliphatic carbocycles. The quantitative estimate of drug-likeness (QED) is 0.839. The third-order valence-corrected chi connectivity index (χ3v) is 3.14. The van der Waals surface area contributed by atoms with Crippen LogP contribution in [0.5, 0.6) is 0 Å². The largest absolute Gasteiger partial charge is 0.465 e. The molecule has 1 aromatic rings. The number of carbonyl (C=O) groups excluding carboxylic acids is 1. The lowest BCUT2D eigenvalue weighted by atomic mass is 10.1. The third-order valence-electron chi connectivity index (χ3n) is 2.31. The maximum absolute atomic E-state index is 11.2. The summed E-state index contributed by atoms with van der Waals surface area (Å²) in [5.74, 6) is -0.280. The molecule has 5 heteroatoms. The molecule has 1 aromatic carbocycles. The summed E-state index contributed by atoms with van der Waals surface area (Å²) >= 11 is 12.0. The summed E-state index contributed by atoms with van der Waals surface area (Å²) in [4.78, 5) is 11.2. The number of halogens is 2. The van der Waals surface area contributed by atoms with E-state index in [-0.39, 0.29) is 18.6 Å². The van der Waals surface area contributed by atoms with E-state index in [9.17, 15) is 4.79 Å². The van der Waals surface area contributed by atoms with Crippen molar-refractivity contribution in [2.45, 2.75) is 19.9 Å². The first-order valence-corrected chi connectivity index (χ1v) is 6.14. The molecule has 0 radical (unpaired) electrons. The molecule has 0 fully saturated rings. The van der Waals surface area contributed by atoms with Gasteiger partial charge in [0.15, 0.2) is 0 Å². The molecule has 0 heterocycles. The van der Waals surface area contributed by atoms with Gasteiger partial charge in [0.1, 0.15) is 0 Å². The molecular formula is C12H15Cl2NO2. The van der Waals surface area contributed by atoms with Gasteiger partial charge >= 0.3 is 5.97 Å². The van der Waals surface area contributed by atoms with Crippen LogP contribution in [0.25, 0.3) is 0 Å². The van der Waals surface area contributed by atoms with Gasteiger partial charge in [-0.2, -0.15) is 0 Å². The van der Waals surface area contributed by atoms with E-state index in [1.807, 2.05) is 19.1 Å². The van der Waals surface area contributed by atoms with Crippen LogP contribution in [0.3, 0.4) is 0 Å². The van der Waals surface area contributed by atoms with Crippen molar-refractivity contribution < 1.29 is 9.53 Å². The highest BCUT2D eigenvalue weighted by Crippen LogP contribution is 2.29. The van der Waals surface area contributed by atoms with Crippen molar-refractivity contribution in [2.75, 3.05) is 13.2 Å². The molecule has 0 aliphatic heterocycles. The Hall–Kier alpha value is -0.770. The molecule has 3 nitrogen and oxygen atoms in total. The van der Waals surface area contributed by atoms with E-state index in [0.29, 0.717) is 16.7 Å².